The van der Waals surface area contributed by atoms with Gasteiger partial charge in [-0.15, -0.1) is 0 Å². The number of nitrogens with one attached hydrogen (secondary N) is 1. The van der Waals surface area contributed by atoms with E-state index in [-0.39, 0.29) is 6.09 Å². The Labute approximate surface area is 175 Å². The molecule has 2 aliphatic rings. The number of carbonyl (C=O) groups excluding carboxylic acids is 1. The molecule has 7 heteroatoms. The molecular weight excluding hydrogens is 366 g/mol. The van der Waals surface area contributed by atoms with E-state index in [4.69, 9.17) is 10.5 Å². The molecule has 0 aromatic heterocycles. The zero-order chi connectivity index (χ0) is 21.2. The highest BCUT2D eigenvalue weighted by atomic mass is 16.6. The summed E-state index contributed by atoms with van der Waals surface area (Å²) in [7, 11) is 0. The van der Waals surface area contributed by atoms with Crippen LogP contribution in [0.2, 0.25) is 0 Å². The lowest BCUT2D eigenvalue weighted by molar-refractivity contribution is 0.0139. The minimum atomic E-state index is -0.453. The van der Waals surface area contributed by atoms with E-state index in [1.165, 1.54) is 22.4 Å². The number of ether oxygens (including phenoxy) is 1. The number of nitrogens with two attached hydrogens (primary N) is 1. The standard InChI is InChI=1S/C22H37N5O2/c1-16-18(14-19(17(2)20(16)23)26-8-6-24-7-9-26)15-25-10-12-27(13-11-25)21(28)29-22(3,4)5/h14,24H,6-13,15,23H2,1-5H3. The third kappa shape index (κ3) is 5.34. The van der Waals surface area contributed by atoms with Crippen molar-refractivity contribution in [2.75, 3.05) is 63.0 Å². The molecule has 3 N–H and O–H groups in total. The topological polar surface area (TPSA) is 74.1 Å². The van der Waals surface area contributed by atoms with Gasteiger partial charge in [-0.25, -0.2) is 4.79 Å². The minimum Gasteiger partial charge on any atom is -0.444 e. The van der Waals surface area contributed by atoms with Gasteiger partial charge in [0.2, 0.25) is 0 Å². The van der Waals surface area contributed by atoms with Crippen molar-refractivity contribution in [3.8, 4) is 0 Å². The molecule has 0 atom stereocenters. The van der Waals surface area contributed by atoms with Crippen molar-refractivity contribution in [1.29, 1.82) is 0 Å². The van der Waals surface area contributed by atoms with E-state index < -0.39 is 5.60 Å². The molecule has 2 aliphatic heterocycles. The molecule has 1 amide bonds. The number of nitrogen functional groups attached to an aromatic ring is 1. The van der Waals surface area contributed by atoms with Crippen molar-refractivity contribution in [3.63, 3.8) is 0 Å². The molecule has 29 heavy (non-hydrogen) atoms. The highest BCUT2D eigenvalue weighted by molar-refractivity contribution is 5.70. The number of nitrogens with zero attached hydrogens (tertiary/aromatic N) is 3. The molecule has 0 bridgehead atoms. The summed E-state index contributed by atoms with van der Waals surface area (Å²) in [6.45, 7) is 17.9. The zero-order valence-electron chi connectivity index (χ0n) is 18.7. The number of amides is 1. The fourth-order valence-corrected chi connectivity index (χ4v) is 4.03. The van der Waals surface area contributed by atoms with Crippen LogP contribution in [0.1, 0.15) is 37.5 Å². The fraction of sp³-hybridized carbons (Fsp3) is 0.682. The second-order valence-electron chi connectivity index (χ2n) is 9.20. The fourth-order valence-electron chi connectivity index (χ4n) is 4.03. The van der Waals surface area contributed by atoms with E-state index in [9.17, 15) is 4.79 Å². The van der Waals surface area contributed by atoms with Crippen molar-refractivity contribution >= 4 is 17.5 Å². The first-order valence-corrected chi connectivity index (χ1v) is 10.7. The number of hydrogen-bond acceptors (Lipinski definition) is 6. The lowest BCUT2D eigenvalue weighted by Crippen LogP contribution is -2.49. The van der Waals surface area contributed by atoms with Crippen LogP contribution < -0.4 is 16.0 Å². The van der Waals surface area contributed by atoms with Crippen molar-refractivity contribution in [2.45, 2.75) is 46.8 Å². The molecule has 2 heterocycles. The number of hydrogen-bond donors (Lipinski definition) is 2. The number of piperazine rings is 2. The summed E-state index contributed by atoms with van der Waals surface area (Å²) in [5, 5.41) is 3.41. The molecule has 0 unspecified atom stereocenters. The SMILES string of the molecule is Cc1c(CN2CCN(C(=O)OC(C)(C)C)CC2)cc(N2CCNCC2)c(C)c1N. The quantitative estimate of drug-likeness (QED) is 0.755. The Morgan fingerprint density at radius 2 is 1.69 bits per heavy atom. The summed E-state index contributed by atoms with van der Waals surface area (Å²) in [6.07, 6.45) is -0.214. The smallest absolute Gasteiger partial charge is 0.410 e. The maximum atomic E-state index is 12.3. The van der Waals surface area contributed by atoms with Gasteiger partial charge in [-0.05, 0) is 57.4 Å². The van der Waals surface area contributed by atoms with Crippen LogP contribution in [0, 0.1) is 13.8 Å². The Kier molecular flexibility index (Phi) is 6.58. The van der Waals surface area contributed by atoms with Gasteiger partial charge in [-0.1, -0.05) is 0 Å². The van der Waals surface area contributed by atoms with Crippen LogP contribution in [0.3, 0.4) is 0 Å². The van der Waals surface area contributed by atoms with Gasteiger partial charge in [-0.3, -0.25) is 4.90 Å². The molecule has 2 saturated heterocycles. The van der Waals surface area contributed by atoms with E-state index in [1.807, 2.05) is 25.7 Å². The van der Waals surface area contributed by atoms with Gasteiger partial charge in [0.25, 0.3) is 0 Å². The van der Waals surface area contributed by atoms with E-state index in [2.05, 4.69) is 35.0 Å². The lowest BCUT2D eigenvalue weighted by Gasteiger charge is -2.36. The zero-order valence-corrected chi connectivity index (χ0v) is 18.7. The molecule has 0 radical (unpaired) electrons. The van der Waals surface area contributed by atoms with Crippen molar-refractivity contribution in [2.24, 2.45) is 0 Å². The predicted octanol–water partition coefficient (Wildman–Crippen LogP) is 2.35. The van der Waals surface area contributed by atoms with Crippen LogP contribution in [0.4, 0.5) is 16.2 Å². The molecule has 3 rings (SSSR count). The maximum absolute atomic E-state index is 12.3. The van der Waals surface area contributed by atoms with Gasteiger partial charge in [0.15, 0.2) is 0 Å². The largest absolute Gasteiger partial charge is 0.444 e. The Bertz CT molecular complexity index is 730. The van der Waals surface area contributed by atoms with Crippen LogP contribution in [0.25, 0.3) is 0 Å². The molecule has 162 valence electrons. The van der Waals surface area contributed by atoms with Gasteiger partial charge < -0.3 is 25.6 Å². The first-order valence-electron chi connectivity index (χ1n) is 10.7. The highest BCUT2D eigenvalue weighted by Gasteiger charge is 2.26. The first-order chi connectivity index (χ1) is 13.7. The molecule has 0 saturated carbocycles. The molecule has 7 nitrogen and oxygen atoms in total. The Balaban J connectivity index is 1.66. The van der Waals surface area contributed by atoms with Gasteiger partial charge in [0.05, 0.1) is 0 Å². The monoisotopic (exact) mass is 403 g/mol. The van der Waals surface area contributed by atoms with E-state index in [1.54, 1.807) is 0 Å². The minimum absolute atomic E-state index is 0.214. The average molecular weight is 404 g/mol. The summed E-state index contributed by atoms with van der Waals surface area (Å²) in [5.74, 6) is 0. The van der Waals surface area contributed by atoms with Crippen molar-refractivity contribution in [1.82, 2.24) is 15.1 Å². The Morgan fingerprint density at radius 3 is 2.28 bits per heavy atom. The Hall–Kier alpha value is -1.99. The number of benzene rings is 1. The third-order valence-corrected chi connectivity index (χ3v) is 5.86. The summed E-state index contributed by atoms with van der Waals surface area (Å²) >= 11 is 0. The van der Waals surface area contributed by atoms with E-state index in [0.717, 1.165) is 51.5 Å². The van der Waals surface area contributed by atoms with Crippen molar-refractivity contribution < 1.29 is 9.53 Å². The summed E-state index contributed by atoms with van der Waals surface area (Å²) in [5.41, 5.74) is 11.8. The lowest BCUT2D eigenvalue weighted by atomic mass is 9.99. The van der Waals surface area contributed by atoms with E-state index in [0.29, 0.717) is 13.1 Å². The van der Waals surface area contributed by atoms with Crippen LogP contribution in [0.5, 0.6) is 0 Å². The van der Waals surface area contributed by atoms with Gasteiger partial charge in [-0.2, -0.15) is 0 Å². The second-order valence-corrected chi connectivity index (χ2v) is 9.20. The number of carbonyl (C=O) groups is 1. The average Bonchev–Trinajstić information content (AvgIpc) is 2.68. The molecule has 0 aliphatic carbocycles. The Morgan fingerprint density at radius 1 is 1.07 bits per heavy atom. The highest BCUT2D eigenvalue weighted by Crippen LogP contribution is 2.32. The van der Waals surface area contributed by atoms with Crippen molar-refractivity contribution in [3.05, 3.63) is 22.8 Å². The molecule has 1 aromatic carbocycles. The molecular formula is C22H37N5O2. The first kappa shape index (κ1) is 21.7. The normalized spacial score (nSPS) is 18.8. The van der Waals surface area contributed by atoms with Gasteiger partial charge in [0, 0.05) is 70.3 Å². The predicted molar refractivity (Wildman–Crippen MR) is 118 cm³/mol. The summed E-state index contributed by atoms with van der Waals surface area (Å²) < 4.78 is 5.50. The number of rotatable bonds is 3. The molecule has 0 spiro atoms. The molecule has 1 aromatic rings. The van der Waals surface area contributed by atoms with Crippen LogP contribution in [-0.4, -0.2) is 73.9 Å². The van der Waals surface area contributed by atoms with Crippen LogP contribution >= 0.6 is 0 Å². The van der Waals surface area contributed by atoms with Gasteiger partial charge in [0.1, 0.15) is 5.60 Å². The van der Waals surface area contributed by atoms with E-state index >= 15 is 0 Å². The van der Waals surface area contributed by atoms with Gasteiger partial charge >= 0.3 is 6.09 Å². The molecule has 2 fully saturated rings. The summed E-state index contributed by atoms with van der Waals surface area (Å²) in [6, 6.07) is 2.33. The maximum Gasteiger partial charge on any atom is 0.410 e. The van der Waals surface area contributed by atoms with Crippen LogP contribution in [0.15, 0.2) is 6.07 Å². The third-order valence-electron chi connectivity index (χ3n) is 5.86. The summed E-state index contributed by atoms with van der Waals surface area (Å²) in [4.78, 5) is 18.9. The van der Waals surface area contributed by atoms with Crippen LogP contribution in [-0.2, 0) is 11.3 Å². The number of anilines is 2. The second kappa shape index (κ2) is 8.79.